The first kappa shape index (κ1) is 24.1. The molecule has 0 aromatic heterocycles. The molecule has 0 rings (SSSR count). The molecule has 152 valence electrons. The second-order valence-electron chi connectivity index (χ2n) is 5.65. The van der Waals surface area contributed by atoms with Gasteiger partial charge in [-0.3, -0.25) is 19.2 Å². The highest BCUT2D eigenvalue weighted by Crippen LogP contribution is 2.02. The largest absolute Gasteiger partial charge is 0.480 e. The van der Waals surface area contributed by atoms with Gasteiger partial charge in [-0.2, -0.15) is 0 Å². The van der Waals surface area contributed by atoms with Gasteiger partial charge in [-0.05, 0) is 6.42 Å². The lowest BCUT2D eigenvalue weighted by molar-refractivity contribution is -0.144. The predicted molar refractivity (Wildman–Crippen MR) is 94.3 cm³/mol. The van der Waals surface area contributed by atoms with Gasteiger partial charge in [-0.1, -0.05) is 13.3 Å². The van der Waals surface area contributed by atoms with Crippen LogP contribution in [0.3, 0.4) is 0 Å². The summed E-state index contributed by atoms with van der Waals surface area (Å²) >= 11 is 0. The number of likely N-dealkylation sites (N-methyl/N-ethyl adjacent to an activating group) is 1. The van der Waals surface area contributed by atoms with E-state index in [0.717, 1.165) is 24.2 Å². The van der Waals surface area contributed by atoms with Gasteiger partial charge >= 0.3 is 11.9 Å². The first-order valence-corrected chi connectivity index (χ1v) is 8.18. The zero-order chi connectivity index (χ0) is 21.0. The van der Waals surface area contributed by atoms with Crippen LogP contribution in [0.15, 0.2) is 12.2 Å². The average molecular weight is 386 g/mol. The van der Waals surface area contributed by atoms with Crippen molar-refractivity contribution in [2.75, 3.05) is 27.2 Å². The van der Waals surface area contributed by atoms with E-state index in [2.05, 4.69) is 15.4 Å². The standard InChI is InChI=1S/C16H26N4O7/c1-4-5-11(16(26)20(2)9-13(22)23)19-15(25)10(17)8-18-12(21)6-7-14(24)27-3/h6-7,10-11H,4-5,8-9,17H2,1-3H3,(H,18,21)(H,19,25)(H,22,23)/b7-6+/t10-,11-/m0/s1. The fourth-order valence-electron chi connectivity index (χ4n) is 1.95. The van der Waals surface area contributed by atoms with Gasteiger partial charge in [0.25, 0.3) is 0 Å². The molecule has 11 nitrogen and oxygen atoms in total. The predicted octanol–water partition coefficient (Wildman–Crippen LogP) is -2.01. The van der Waals surface area contributed by atoms with Crippen molar-refractivity contribution in [2.24, 2.45) is 5.73 Å². The Balaban J connectivity index is 4.68. The number of aliphatic carboxylic acids is 1. The summed E-state index contributed by atoms with van der Waals surface area (Å²) in [6.07, 6.45) is 2.72. The van der Waals surface area contributed by atoms with Crippen LogP contribution in [0.4, 0.5) is 0 Å². The van der Waals surface area contributed by atoms with Gasteiger partial charge in [0.15, 0.2) is 0 Å². The Morgan fingerprint density at radius 3 is 2.37 bits per heavy atom. The molecule has 11 heteroatoms. The third-order valence-corrected chi connectivity index (χ3v) is 3.35. The highest BCUT2D eigenvalue weighted by atomic mass is 16.5. The van der Waals surface area contributed by atoms with E-state index < -0.39 is 48.3 Å². The number of carboxylic acids is 1. The quantitative estimate of drug-likeness (QED) is 0.233. The molecule has 0 bridgehead atoms. The van der Waals surface area contributed by atoms with Crippen molar-refractivity contribution in [3.8, 4) is 0 Å². The lowest BCUT2D eigenvalue weighted by atomic mass is 10.1. The van der Waals surface area contributed by atoms with Crippen molar-refractivity contribution < 1.29 is 33.8 Å². The van der Waals surface area contributed by atoms with Crippen LogP contribution in [0.2, 0.25) is 0 Å². The molecule has 3 amide bonds. The fourth-order valence-corrected chi connectivity index (χ4v) is 1.95. The number of carbonyl (C=O) groups is 5. The monoisotopic (exact) mass is 386 g/mol. The molecule has 0 aromatic carbocycles. The summed E-state index contributed by atoms with van der Waals surface area (Å²) in [5, 5.41) is 13.6. The molecule has 0 aromatic rings. The van der Waals surface area contributed by atoms with E-state index in [0.29, 0.717) is 12.8 Å². The molecule has 5 N–H and O–H groups in total. The van der Waals surface area contributed by atoms with Crippen molar-refractivity contribution in [3.05, 3.63) is 12.2 Å². The minimum atomic E-state index is -1.17. The molecule has 0 saturated carbocycles. The van der Waals surface area contributed by atoms with Gasteiger partial charge in [-0.25, -0.2) is 4.79 Å². The Kier molecular flexibility index (Phi) is 11.1. The number of carbonyl (C=O) groups excluding carboxylic acids is 4. The van der Waals surface area contributed by atoms with Crippen molar-refractivity contribution >= 4 is 29.7 Å². The van der Waals surface area contributed by atoms with E-state index >= 15 is 0 Å². The van der Waals surface area contributed by atoms with E-state index in [4.69, 9.17) is 10.8 Å². The lowest BCUT2D eigenvalue weighted by Gasteiger charge is -2.24. The number of esters is 1. The zero-order valence-electron chi connectivity index (χ0n) is 15.6. The van der Waals surface area contributed by atoms with E-state index in [1.165, 1.54) is 7.05 Å². The second kappa shape index (κ2) is 12.4. The molecule has 0 aliphatic heterocycles. The van der Waals surface area contributed by atoms with E-state index in [-0.39, 0.29) is 6.54 Å². The minimum Gasteiger partial charge on any atom is -0.480 e. The Bertz CT molecular complexity index is 591. The molecule has 2 atom stereocenters. The maximum absolute atomic E-state index is 12.3. The lowest BCUT2D eigenvalue weighted by Crippen LogP contribution is -2.54. The van der Waals surface area contributed by atoms with Crippen LogP contribution in [0.25, 0.3) is 0 Å². The van der Waals surface area contributed by atoms with Gasteiger partial charge < -0.3 is 31.1 Å². The zero-order valence-corrected chi connectivity index (χ0v) is 15.6. The summed E-state index contributed by atoms with van der Waals surface area (Å²) in [4.78, 5) is 58.5. The molecule has 0 heterocycles. The minimum absolute atomic E-state index is 0.228. The highest BCUT2D eigenvalue weighted by molar-refractivity contribution is 5.95. The second-order valence-corrected chi connectivity index (χ2v) is 5.65. The summed E-state index contributed by atoms with van der Waals surface area (Å²) in [6.45, 7) is 1.08. The number of hydrogen-bond acceptors (Lipinski definition) is 7. The number of nitrogens with two attached hydrogens (primary N) is 1. The molecular formula is C16H26N4O7. The van der Waals surface area contributed by atoms with E-state index in [1.807, 2.05) is 0 Å². The molecule has 0 fully saturated rings. The normalized spacial score (nSPS) is 12.7. The Morgan fingerprint density at radius 1 is 1.22 bits per heavy atom. The molecule has 0 radical (unpaired) electrons. The number of hydrogen-bond donors (Lipinski definition) is 4. The van der Waals surface area contributed by atoms with Crippen molar-refractivity contribution in [1.29, 1.82) is 0 Å². The number of nitrogens with zero attached hydrogens (tertiary/aromatic N) is 1. The van der Waals surface area contributed by atoms with Crippen LogP contribution < -0.4 is 16.4 Å². The summed E-state index contributed by atoms with van der Waals surface area (Å²) in [5.41, 5.74) is 5.69. The van der Waals surface area contributed by atoms with Gasteiger partial charge in [0.2, 0.25) is 17.7 Å². The molecule has 27 heavy (non-hydrogen) atoms. The Hall–Kier alpha value is -2.95. The molecular weight excluding hydrogens is 360 g/mol. The van der Waals surface area contributed by atoms with Crippen molar-refractivity contribution in [1.82, 2.24) is 15.5 Å². The summed E-state index contributed by atoms with van der Waals surface area (Å²) in [7, 11) is 2.48. The van der Waals surface area contributed by atoms with Crippen LogP contribution in [0, 0.1) is 0 Å². The van der Waals surface area contributed by atoms with Gasteiger partial charge in [-0.15, -0.1) is 0 Å². The Labute approximate surface area is 156 Å². The molecule has 0 unspecified atom stereocenters. The number of carboxylic acid groups (broad SMARTS) is 1. The van der Waals surface area contributed by atoms with Gasteiger partial charge in [0, 0.05) is 25.7 Å². The Morgan fingerprint density at radius 2 is 1.85 bits per heavy atom. The maximum Gasteiger partial charge on any atom is 0.330 e. The number of amides is 3. The van der Waals surface area contributed by atoms with Gasteiger partial charge in [0.05, 0.1) is 7.11 Å². The number of ether oxygens (including phenoxy) is 1. The van der Waals surface area contributed by atoms with Crippen LogP contribution in [-0.4, -0.2) is 79.0 Å². The third-order valence-electron chi connectivity index (χ3n) is 3.35. The third kappa shape index (κ3) is 9.94. The number of rotatable bonds is 11. The van der Waals surface area contributed by atoms with E-state index in [9.17, 15) is 24.0 Å². The average Bonchev–Trinajstić information content (AvgIpc) is 2.62. The summed E-state index contributed by atoms with van der Waals surface area (Å²) < 4.78 is 4.33. The summed E-state index contributed by atoms with van der Waals surface area (Å²) in [6, 6.07) is -2.06. The molecule has 0 aliphatic rings. The van der Waals surface area contributed by atoms with E-state index in [1.54, 1.807) is 6.92 Å². The maximum atomic E-state index is 12.3. The van der Waals surface area contributed by atoms with Crippen LogP contribution in [0.1, 0.15) is 19.8 Å². The highest BCUT2D eigenvalue weighted by Gasteiger charge is 2.26. The number of nitrogens with one attached hydrogen (secondary N) is 2. The van der Waals surface area contributed by atoms with Crippen LogP contribution in [0.5, 0.6) is 0 Å². The first-order valence-electron chi connectivity index (χ1n) is 8.18. The first-order chi connectivity index (χ1) is 12.6. The molecule has 0 spiro atoms. The molecule has 0 aliphatic carbocycles. The van der Waals surface area contributed by atoms with Crippen LogP contribution in [-0.2, 0) is 28.7 Å². The van der Waals surface area contributed by atoms with Crippen molar-refractivity contribution in [2.45, 2.75) is 31.8 Å². The number of methoxy groups -OCH3 is 1. The van der Waals surface area contributed by atoms with Gasteiger partial charge in [0.1, 0.15) is 18.6 Å². The summed E-state index contributed by atoms with van der Waals surface area (Å²) in [5.74, 6) is -3.76. The SMILES string of the molecule is CCC[C@H](NC(=O)[C@@H](N)CNC(=O)/C=C/C(=O)OC)C(=O)N(C)CC(=O)O. The fraction of sp³-hybridized carbons (Fsp3) is 0.562. The van der Waals surface area contributed by atoms with Crippen molar-refractivity contribution in [3.63, 3.8) is 0 Å². The van der Waals surface area contributed by atoms with Crippen LogP contribution >= 0.6 is 0 Å². The smallest absolute Gasteiger partial charge is 0.330 e. The molecule has 0 saturated heterocycles. The topological polar surface area (TPSA) is 168 Å².